The molecule has 76 valence electrons. The predicted octanol–water partition coefficient (Wildman–Crippen LogP) is 1.59. The van der Waals surface area contributed by atoms with Crippen molar-refractivity contribution >= 4 is 5.97 Å². The third kappa shape index (κ3) is 2.45. The van der Waals surface area contributed by atoms with E-state index >= 15 is 0 Å². The Kier molecular flexibility index (Phi) is 3.44. The lowest BCUT2D eigenvalue weighted by atomic mass is 10.3. The van der Waals surface area contributed by atoms with E-state index in [-0.39, 0.29) is 12.2 Å². The summed E-state index contributed by atoms with van der Waals surface area (Å²) in [6.45, 7) is 1.86. The van der Waals surface area contributed by atoms with E-state index in [1.165, 1.54) is 0 Å². The molecule has 0 saturated heterocycles. The van der Waals surface area contributed by atoms with Crippen molar-refractivity contribution in [3.8, 4) is 0 Å². The van der Waals surface area contributed by atoms with Crippen LogP contribution in [0.4, 0.5) is 8.78 Å². The van der Waals surface area contributed by atoms with Crippen LogP contribution >= 0.6 is 0 Å². The zero-order chi connectivity index (χ0) is 10.6. The van der Waals surface area contributed by atoms with Gasteiger partial charge in [0.25, 0.3) is 6.43 Å². The minimum atomic E-state index is -2.73. The van der Waals surface area contributed by atoms with Gasteiger partial charge in [0.15, 0.2) is 5.82 Å². The fourth-order valence-corrected chi connectivity index (χ4v) is 0.771. The van der Waals surface area contributed by atoms with Crippen LogP contribution in [0.5, 0.6) is 0 Å². The first-order valence-electron chi connectivity index (χ1n) is 3.92. The molecule has 0 saturated carbocycles. The molecule has 0 aliphatic carbocycles. The number of carbonyl (C=O) groups excluding carboxylic acids is 1. The summed E-state index contributed by atoms with van der Waals surface area (Å²) >= 11 is 0. The summed E-state index contributed by atoms with van der Waals surface area (Å²) in [5, 5.41) is 0. The lowest BCUT2D eigenvalue weighted by molar-refractivity contribution is 0.0524. The Balaban J connectivity index is 2.78. The summed E-state index contributed by atoms with van der Waals surface area (Å²) < 4.78 is 28.6. The number of carbonyl (C=O) groups is 1. The van der Waals surface area contributed by atoms with E-state index in [1.54, 1.807) is 6.92 Å². The van der Waals surface area contributed by atoms with Crippen molar-refractivity contribution in [1.29, 1.82) is 0 Å². The molecule has 0 N–H and O–H groups in total. The van der Waals surface area contributed by atoms with Crippen molar-refractivity contribution in [1.82, 2.24) is 9.97 Å². The zero-order valence-electron chi connectivity index (χ0n) is 7.41. The molecule has 0 radical (unpaired) electrons. The number of aromatic nitrogens is 2. The van der Waals surface area contributed by atoms with Gasteiger partial charge in [-0.2, -0.15) is 0 Å². The molecule has 0 unspecified atom stereocenters. The average molecular weight is 202 g/mol. The summed E-state index contributed by atoms with van der Waals surface area (Å²) in [7, 11) is 0. The van der Waals surface area contributed by atoms with Gasteiger partial charge in [0, 0.05) is 12.4 Å². The summed E-state index contributed by atoms with van der Waals surface area (Å²) in [6.07, 6.45) is -0.690. The van der Waals surface area contributed by atoms with Crippen LogP contribution < -0.4 is 0 Å². The second-order valence-electron chi connectivity index (χ2n) is 2.35. The van der Waals surface area contributed by atoms with Crippen molar-refractivity contribution in [3.63, 3.8) is 0 Å². The van der Waals surface area contributed by atoms with E-state index in [4.69, 9.17) is 0 Å². The molecule has 14 heavy (non-hydrogen) atoms. The van der Waals surface area contributed by atoms with Crippen LogP contribution in [-0.4, -0.2) is 22.5 Å². The molecule has 1 aromatic heterocycles. The van der Waals surface area contributed by atoms with Gasteiger partial charge in [-0.15, -0.1) is 0 Å². The molecule has 1 rings (SSSR count). The summed E-state index contributed by atoms with van der Waals surface area (Å²) in [4.78, 5) is 17.7. The second kappa shape index (κ2) is 4.59. The maximum atomic E-state index is 12.0. The lowest BCUT2D eigenvalue weighted by Gasteiger charge is -2.01. The number of rotatable bonds is 3. The molecule has 0 aliphatic heterocycles. The molecule has 0 fully saturated rings. The molecule has 6 heteroatoms. The van der Waals surface area contributed by atoms with Crippen molar-refractivity contribution in [2.45, 2.75) is 13.3 Å². The highest BCUT2D eigenvalue weighted by molar-refractivity contribution is 5.88. The highest BCUT2D eigenvalue weighted by Gasteiger charge is 2.12. The molecular weight excluding hydrogens is 194 g/mol. The molecule has 0 aliphatic rings. The van der Waals surface area contributed by atoms with Crippen LogP contribution in [0.2, 0.25) is 0 Å². The Labute approximate surface area is 78.9 Å². The Morgan fingerprint density at radius 2 is 2.07 bits per heavy atom. The molecular formula is C8H8F2N2O2. The van der Waals surface area contributed by atoms with Gasteiger partial charge in [-0.3, -0.25) is 0 Å². The maximum Gasteiger partial charge on any atom is 0.341 e. The number of esters is 1. The highest BCUT2D eigenvalue weighted by atomic mass is 19.3. The Morgan fingerprint density at radius 3 is 2.50 bits per heavy atom. The first kappa shape index (κ1) is 10.5. The van der Waals surface area contributed by atoms with Crippen LogP contribution in [0.1, 0.15) is 29.5 Å². The molecule has 1 aromatic rings. The topological polar surface area (TPSA) is 52.1 Å². The number of halogens is 2. The predicted molar refractivity (Wildman–Crippen MR) is 42.9 cm³/mol. The third-order valence-electron chi connectivity index (χ3n) is 1.38. The smallest absolute Gasteiger partial charge is 0.341 e. The molecule has 4 nitrogen and oxygen atoms in total. The number of nitrogens with zero attached hydrogens (tertiary/aromatic N) is 2. The molecule has 0 atom stereocenters. The Morgan fingerprint density at radius 1 is 1.50 bits per heavy atom. The fourth-order valence-electron chi connectivity index (χ4n) is 0.771. The van der Waals surface area contributed by atoms with Crippen LogP contribution in [0.25, 0.3) is 0 Å². The van der Waals surface area contributed by atoms with Crippen molar-refractivity contribution < 1.29 is 18.3 Å². The van der Waals surface area contributed by atoms with E-state index in [0.717, 1.165) is 12.4 Å². The first-order chi connectivity index (χ1) is 6.65. The van der Waals surface area contributed by atoms with E-state index in [2.05, 4.69) is 14.7 Å². The standard InChI is InChI=1S/C8H8F2N2O2/c1-2-14-8(13)5-3-11-7(6(9)10)12-4-5/h3-4,6H,2H2,1H3. The first-order valence-corrected chi connectivity index (χ1v) is 3.92. The van der Waals surface area contributed by atoms with E-state index < -0.39 is 18.2 Å². The van der Waals surface area contributed by atoms with Crippen LogP contribution in [-0.2, 0) is 4.74 Å². The monoisotopic (exact) mass is 202 g/mol. The third-order valence-corrected chi connectivity index (χ3v) is 1.38. The minimum absolute atomic E-state index is 0.0660. The molecule has 1 heterocycles. The average Bonchev–Trinajstić information content (AvgIpc) is 2.18. The molecule has 0 amide bonds. The summed E-state index contributed by atoms with van der Waals surface area (Å²) in [6, 6.07) is 0. The second-order valence-corrected chi connectivity index (χ2v) is 2.35. The van der Waals surface area contributed by atoms with Gasteiger partial charge in [-0.25, -0.2) is 23.5 Å². The highest BCUT2D eigenvalue weighted by Crippen LogP contribution is 2.12. The van der Waals surface area contributed by atoms with Gasteiger partial charge < -0.3 is 4.74 Å². The lowest BCUT2D eigenvalue weighted by Crippen LogP contribution is -2.07. The summed E-state index contributed by atoms with van der Waals surface area (Å²) in [5.41, 5.74) is 0.0660. The Bertz CT molecular complexity index is 314. The SMILES string of the molecule is CCOC(=O)c1cnc(C(F)F)nc1. The zero-order valence-corrected chi connectivity index (χ0v) is 7.41. The van der Waals surface area contributed by atoms with Crippen LogP contribution in [0.3, 0.4) is 0 Å². The van der Waals surface area contributed by atoms with Crippen LogP contribution in [0, 0.1) is 0 Å². The van der Waals surface area contributed by atoms with Gasteiger partial charge in [0.2, 0.25) is 0 Å². The molecule has 0 spiro atoms. The summed E-state index contributed by atoms with van der Waals surface area (Å²) in [5.74, 6) is -1.22. The van der Waals surface area contributed by atoms with E-state index in [0.29, 0.717) is 0 Å². The van der Waals surface area contributed by atoms with Gasteiger partial charge in [0.1, 0.15) is 0 Å². The minimum Gasteiger partial charge on any atom is -0.462 e. The largest absolute Gasteiger partial charge is 0.462 e. The van der Waals surface area contributed by atoms with E-state index in [9.17, 15) is 13.6 Å². The van der Waals surface area contributed by atoms with E-state index in [1.807, 2.05) is 0 Å². The van der Waals surface area contributed by atoms with Crippen molar-refractivity contribution in [2.24, 2.45) is 0 Å². The normalized spacial score (nSPS) is 10.3. The van der Waals surface area contributed by atoms with Gasteiger partial charge >= 0.3 is 5.97 Å². The Hall–Kier alpha value is -1.59. The van der Waals surface area contributed by atoms with Crippen LogP contribution in [0.15, 0.2) is 12.4 Å². The maximum absolute atomic E-state index is 12.0. The molecule has 0 aromatic carbocycles. The number of alkyl halides is 2. The quantitative estimate of drug-likeness (QED) is 0.698. The van der Waals surface area contributed by atoms with Crippen molar-refractivity contribution in [2.75, 3.05) is 6.61 Å². The van der Waals surface area contributed by atoms with Gasteiger partial charge in [0.05, 0.1) is 12.2 Å². The van der Waals surface area contributed by atoms with Crippen molar-refractivity contribution in [3.05, 3.63) is 23.8 Å². The van der Waals surface area contributed by atoms with Gasteiger partial charge in [-0.05, 0) is 6.92 Å². The number of hydrogen-bond acceptors (Lipinski definition) is 4. The number of ether oxygens (including phenoxy) is 1. The fraction of sp³-hybridized carbons (Fsp3) is 0.375. The van der Waals surface area contributed by atoms with Gasteiger partial charge in [-0.1, -0.05) is 0 Å². The number of hydrogen-bond donors (Lipinski definition) is 0. The molecule has 0 bridgehead atoms.